The Bertz CT molecular complexity index is 839. The second-order valence-corrected chi connectivity index (χ2v) is 7.04. The van der Waals surface area contributed by atoms with Crippen molar-refractivity contribution in [2.24, 2.45) is 5.14 Å². The van der Waals surface area contributed by atoms with E-state index in [0.29, 0.717) is 10.2 Å². The molecular formula is C15H13BrFNO5S. The Morgan fingerprint density at radius 3 is 2.38 bits per heavy atom. The molecule has 6 nitrogen and oxygen atoms in total. The molecule has 0 amide bonds. The van der Waals surface area contributed by atoms with E-state index in [0.717, 1.165) is 6.07 Å². The third-order valence-corrected chi connectivity index (χ3v) is 4.47. The number of hydrogen-bond donors (Lipinski definition) is 1. The Kier molecular flexibility index (Phi) is 5.92. The number of carbonyl (C=O) groups is 1. The molecule has 0 aliphatic rings. The molecule has 0 saturated heterocycles. The fraction of sp³-hybridized carbons (Fsp3) is 0.133. The molecule has 9 heteroatoms. The van der Waals surface area contributed by atoms with Crippen molar-refractivity contribution in [1.29, 1.82) is 0 Å². The quantitative estimate of drug-likeness (QED) is 0.575. The highest BCUT2D eigenvalue weighted by Gasteiger charge is 2.12. The third-order valence-electron chi connectivity index (χ3n) is 2.89. The Balaban J connectivity index is 1.83. The van der Waals surface area contributed by atoms with Crippen LogP contribution in [0.4, 0.5) is 4.39 Å². The fourth-order valence-electron chi connectivity index (χ4n) is 1.75. The second-order valence-electron chi connectivity index (χ2n) is 4.62. The zero-order chi connectivity index (χ0) is 17.7. The van der Waals surface area contributed by atoms with Gasteiger partial charge >= 0.3 is 5.97 Å². The second kappa shape index (κ2) is 7.73. The van der Waals surface area contributed by atoms with Gasteiger partial charge in [-0.3, -0.25) is 0 Å². The predicted molar refractivity (Wildman–Crippen MR) is 87.7 cm³/mol. The Morgan fingerprint density at radius 1 is 1.12 bits per heavy atom. The average Bonchev–Trinajstić information content (AvgIpc) is 2.51. The van der Waals surface area contributed by atoms with E-state index in [-0.39, 0.29) is 23.7 Å². The number of halogens is 2. The highest BCUT2D eigenvalue weighted by Crippen LogP contribution is 2.19. The van der Waals surface area contributed by atoms with E-state index in [1.54, 1.807) is 0 Å². The fourth-order valence-corrected chi connectivity index (χ4v) is 2.78. The summed E-state index contributed by atoms with van der Waals surface area (Å²) in [6, 6.07) is 9.15. The first kappa shape index (κ1) is 18.4. The Morgan fingerprint density at radius 2 is 1.79 bits per heavy atom. The zero-order valence-corrected chi connectivity index (χ0v) is 14.6. The molecule has 2 aromatic carbocycles. The van der Waals surface area contributed by atoms with Gasteiger partial charge in [-0.1, -0.05) is 0 Å². The number of sulfonamides is 1. The summed E-state index contributed by atoms with van der Waals surface area (Å²) in [5.74, 6) is -0.679. The van der Waals surface area contributed by atoms with Crippen molar-refractivity contribution in [3.05, 3.63) is 58.3 Å². The van der Waals surface area contributed by atoms with Gasteiger partial charge in [0.2, 0.25) is 10.0 Å². The van der Waals surface area contributed by atoms with Crippen molar-refractivity contribution in [1.82, 2.24) is 0 Å². The number of nitrogens with two attached hydrogens (primary N) is 1. The maximum atomic E-state index is 13.0. The van der Waals surface area contributed by atoms with Crippen molar-refractivity contribution < 1.29 is 27.1 Å². The van der Waals surface area contributed by atoms with Crippen LogP contribution in [0.3, 0.4) is 0 Å². The monoisotopic (exact) mass is 417 g/mol. The minimum Gasteiger partial charge on any atom is -0.490 e. The summed E-state index contributed by atoms with van der Waals surface area (Å²) in [6.45, 7) is 0.0405. The van der Waals surface area contributed by atoms with Crippen LogP contribution in [-0.2, 0) is 14.8 Å². The van der Waals surface area contributed by atoms with Crippen LogP contribution in [0.1, 0.15) is 10.4 Å². The van der Waals surface area contributed by atoms with Gasteiger partial charge < -0.3 is 9.47 Å². The molecule has 0 radical (unpaired) electrons. The van der Waals surface area contributed by atoms with Crippen molar-refractivity contribution in [3.63, 3.8) is 0 Å². The summed E-state index contributed by atoms with van der Waals surface area (Å²) in [4.78, 5) is 11.8. The topological polar surface area (TPSA) is 95.7 Å². The Labute approximate surface area is 146 Å². The molecule has 0 aliphatic carbocycles. The number of hydrogen-bond acceptors (Lipinski definition) is 5. The van der Waals surface area contributed by atoms with Crippen LogP contribution >= 0.6 is 15.9 Å². The van der Waals surface area contributed by atoms with Crippen molar-refractivity contribution in [2.75, 3.05) is 13.2 Å². The standard InChI is InChI=1S/C15H13BrFNO5S/c16-14-9-10(17)1-6-13(14)15(19)23-8-7-22-11-2-4-12(5-3-11)24(18,20)21/h1-6,9H,7-8H2,(H2,18,20,21). The third kappa shape index (κ3) is 5.02. The Hall–Kier alpha value is -1.97. The van der Waals surface area contributed by atoms with Gasteiger partial charge in [0.05, 0.1) is 10.5 Å². The molecule has 0 bridgehead atoms. The smallest absolute Gasteiger partial charge is 0.339 e. The van der Waals surface area contributed by atoms with Gasteiger partial charge in [-0.2, -0.15) is 0 Å². The van der Waals surface area contributed by atoms with Crippen molar-refractivity contribution in [3.8, 4) is 5.75 Å². The van der Waals surface area contributed by atoms with Gasteiger partial charge in [-0.25, -0.2) is 22.7 Å². The molecular weight excluding hydrogens is 405 g/mol. The minimum atomic E-state index is -3.75. The summed E-state index contributed by atoms with van der Waals surface area (Å²) in [6.07, 6.45) is 0. The molecule has 0 heterocycles. The molecule has 0 unspecified atom stereocenters. The highest BCUT2D eigenvalue weighted by atomic mass is 79.9. The van der Waals surface area contributed by atoms with Crippen molar-refractivity contribution in [2.45, 2.75) is 4.90 Å². The number of ether oxygens (including phenoxy) is 2. The van der Waals surface area contributed by atoms with Crippen LogP contribution < -0.4 is 9.88 Å². The lowest BCUT2D eigenvalue weighted by Crippen LogP contribution is -2.13. The van der Waals surface area contributed by atoms with E-state index < -0.39 is 21.8 Å². The zero-order valence-electron chi connectivity index (χ0n) is 12.2. The van der Waals surface area contributed by atoms with Gasteiger partial charge in [0.15, 0.2) is 0 Å². The maximum Gasteiger partial charge on any atom is 0.339 e. The van der Waals surface area contributed by atoms with Crippen LogP contribution in [0.25, 0.3) is 0 Å². The molecule has 0 aliphatic heterocycles. The normalized spacial score (nSPS) is 11.1. The first-order valence-electron chi connectivity index (χ1n) is 6.65. The summed E-state index contributed by atoms with van der Waals surface area (Å²) < 4.78 is 45.8. The first-order chi connectivity index (χ1) is 11.3. The van der Waals surface area contributed by atoms with E-state index in [9.17, 15) is 17.6 Å². The van der Waals surface area contributed by atoms with Crippen molar-refractivity contribution >= 4 is 31.9 Å². The molecule has 2 N–H and O–H groups in total. The number of primary sulfonamides is 1. The minimum absolute atomic E-state index is 0.0255. The van der Waals surface area contributed by atoms with Crippen LogP contribution in [0.2, 0.25) is 0 Å². The lowest BCUT2D eigenvalue weighted by Gasteiger charge is -2.08. The van der Waals surface area contributed by atoms with Crippen LogP contribution in [0, 0.1) is 5.82 Å². The molecule has 2 rings (SSSR count). The first-order valence-corrected chi connectivity index (χ1v) is 8.99. The van der Waals surface area contributed by atoms with Gasteiger partial charge in [0, 0.05) is 4.47 Å². The SMILES string of the molecule is NS(=O)(=O)c1ccc(OCCOC(=O)c2ccc(F)cc2Br)cc1. The predicted octanol–water partition coefficient (Wildman–Crippen LogP) is 2.47. The van der Waals surface area contributed by atoms with E-state index >= 15 is 0 Å². The van der Waals surface area contributed by atoms with Gasteiger partial charge in [0.25, 0.3) is 0 Å². The number of rotatable bonds is 6. The summed E-state index contributed by atoms with van der Waals surface area (Å²) in [5.41, 5.74) is 0.203. The number of carbonyl (C=O) groups excluding carboxylic acids is 1. The summed E-state index contributed by atoms with van der Waals surface area (Å²) in [5, 5.41) is 4.99. The lowest BCUT2D eigenvalue weighted by atomic mass is 10.2. The molecule has 2 aromatic rings. The van der Waals surface area contributed by atoms with Crippen LogP contribution in [-0.4, -0.2) is 27.6 Å². The highest BCUT2D eigenvalue weighted by molar-refractivity contribution is 9.10. The molecule has 0 atom stereocenters. The van der Waals surface area contributed by atoms with Gasteiger partial charge in [0.1, 0.15) is 24.8 Å². The van der Waals surface area contributed by atoms with Crippen LogP contribution in [0.5, 0.6) is 5.75 Å². The lowest BCUT2D eigenvalue weighted by molar-refractivity contribution is 0.0449. The van der Waals surface area contributed by atoms with Gasteiger partial charge in [-0.15, -0.1) is 0 Å². The molecule has 0 aromatic heterocycles. The molecule has 128 valence electrons. The largest absolute Gasteiger partial charge is 0.490 e. The van der Waals surface area contributed by atoms with E-state index in [2.05, 4.69) is 15.9 Å². The average molecular weight is 418 g/mol. The summed E-state index contributed by atoms with van der Waals surface area (Å²) in [7, 11) is -3.75. The van der Waals surface area contributed by atoms with Gasteiger partial charge in [-0.05, 0) is 58.4 Å². The number of esters is 1. The molecule has 24 heavy (non-hydrogen) atoms. The summed E-state index contributed by atoms with van der Waals surface area (Å²) >= 11 is 3.08. The molecule has 0 spiro atoms. The van der Waals surface area contributed by atoms with E-state index in [1.165, 1.54) is 36.4 Å². The van der Waals surface area contributed by atoms with Crippen LogP contribution in [0.15, 0.2) is 51.8 Å². The van der Waals surface area contributed by atoms with E-state index in [1.807, 2.05) is 0 Å². The maximum absolute atomic E-state index is 13.0. The van der Waals surface area contributed by atoms with E-state index in [4.69, 9.17) is 14.6 Å². The molecule has 0 fully saturated rings. The molecule has 0 saturated carbocycles. The number of benzene rings is 2.